The molecule has 0 spiro atoms. The molecule has 3 heteroatoms. The van der Waals surface area contributed by atoms with Gasteiger partial charge in [0.25, 0.3) is 0 Å². The Kier molecular flexibility index (Phi) is 5.46. The number of nitrogens with zero attached hydrogens (tertiary/aromatic N) is 2. The van der Waals surface area contributed by atoms with E-state index in [-0.39, 0.29) is 0 Å². The summed E-state index contributed by atoms with van der Waals surface area (Å²) >= 11 is 0. The van der Waals surface area contributed by atoms with Crippen LogP contribution in [0.3, 0.4) is 0 Å². The van der Waals surface area contributed by atoms with Gasteiger partial charge in [-0.3, -0.25) is 0 Å². The standard InChI is InChI=1S/C38H24N2O/c1-3-10-25(11-4-1)29-14-9-15-30(24-29)26-18-20-28(21-19-26)38-39-32-22-23-34-35(31-16-7-8-17-33(31)41-34)36(32)37(40-38)27-12-5-2-6-13-27/h1-24H. The SMILES string of the molecule is c1ccc(-c2cccc(-c3ccc(-c4nc(-c5ccccc5)c5c(ccc6oc7ccccc7c65)n4)cc3)c2)cc1. The Hall–Kier alpha value is -5.54. The average molecular weight is 525 g/mol. The second-order valence-corrected chi connectivity index (χ2v) is 10.2. The molecule has 2 heterocycles. The number of para-hydroxylation sites is 1. The molecule has 0 fully saturated rings. The van der Waals surface area contributed by atoms with Crippen LogP contribution in [-0.4, -0.2) is 9.97 Å². The Balaban J connectivity index is 1.27. The minimum Gasteiger partial charge on any atom is -0.456 e. The van der Waals surface area contributed by atoms with Gasteiger partial charge in [-0.1, -0.05) is 121 Å². The predicted octanol–water partition coefficient (Wildman–Crippen LogP) is 10.2. The van der Waals surface area contributed by atoms with Gasteiger partial charge in [0.15, 0.2) is 5.82 Å². The van der Waals surface area contributed by atoms with E-state index in [1.54, 1.807) is 0 Å². The van der Waals surface area contributed by atoms with Crippen molar-refractivity contribution in [2.75, 3.05) is 0 Å². The molecule has 0 aliphatic heterocycles. The van der Waals surface area contributed by atoms with E-state index in [2.05, 4.69) is 103 Å². The average Bonchev–Trinajstić information content (AvgIpc) is 3.44. The van der Waals surface area contributed by atoms with Crippen molar-refractivity contribution in [3.8, 4) is 44.9 Å². The van der Waals surface area contributed by atoms with E-state index in [1.165, 1.54) is 16.7 Å². The first kappa shape index (κ1) is 23.4. The molecule has 0 saturated carbocycles. The second kappa shape index (κ2) is 9.58. The Morgan fingerprint density at radius 3 is 1.76 bits per heavy atom. The first-order valence-electron chi connectivity index (χ1n) is 13.8. The first-order chi connectivity index (χ1) is 20.3. The van der Waals surface area contributed by atoms with Crippen LogP contribution >= 0.6 is 0 Å². The van der Waals surface area contributed by atoms with Crippen LogP contribution in [0.2, 0.25) is 0 Å². The van der Waals surface area contributed by atoms with Gasteiger partial charge in [-0.25, -0.2) is 9.97 Å². The number of hydrogen-bond acceptors (Lipinski definition) is 3. The molecule has 0 aliphatic rings. The van der Waals surface area contributed by atoms with Crippen molar-refractivity contribution in [1.82, 2.24) is 9.97 Å². The van der Waals surface area contributed by atoms with Gasteiger partial charge >= 0.3 is 0 Å². The highest BCUT2D eigenvalue weighted by atomic mass is 16.3. The van der Waals surface area contributed by atoms with Gasteiger partial charge in [0.1, 0.15) is 11.2 Å². The summed E-state index contributed by atoms with van der Waals surface area (Å²) in [6, 6.07) is 50.3. The highest BCUT2D eigenvalue weighted by Crippen LogP contribution is 2.39. The largest absolute Gasteiger partial charge is 0.456 e. The maximum absolute atomic E-state index is 6.20. The second-order valence-electron chi connectivity index (χ2n) is 10.2. The summed E-state index contributed by atoms with van der Waals surface area (Å²) in [5.74, 6) is 0.702. The van der Waals surface area contributed by atoms with Crippen LogP contribution in [0.4, 0.5) is 0 Å². The lowest BCUT2D eigenvalue weighted by atomic mass is 9.98. The van der Waals surface area contributed by atoms with Gasteiger partial charge in [0.2, 0.25) is 0 Å². The molecular formula is C38H24N2O. The van der Waals surface area contributed by atoms with E-state index < -0.39 is 0 Å². The third kappa shape index (κ3) is 4.07. The molecule has 0 bridgehead atoms. The zero-order chi connectivity index (χ0) is 27.2. The monoisotopic (exact) mass is 524 g/mol. The maximum Gasteiger partial charge on any atom is 0.160 e. The zero-order valence-corrected chi connectivity index (χ0v) is 22.2. The van der Waals surface area contributed by atoms with Crippen molar-refractivity contribution in [2.24, 2.45) is 0 Å². The van der Waals surface area contributed by atoms with Gasteiger partial charge in [-0.2, -0.15) is 0 Å². The normalized spacial score (nSPS) is 11.4. The minimum absolute atomic E-state index is 0.702. The van der Waals surface area contributed by atoms with Crippen LogP contribution in [-0.2, 0) is 0 Å². The number of aromatic nitrogens is 2. The van der Waals surface area contributed by atoms with Crippen LogP contribution in [0, 0.1) is 0 Å². The molecule has 3 nitrogen and oxygen atoms in total. The molecule has 8 rings (SSSR count). The number of benzene rings is 6. The number of rotatable bonds is 4. The van der Waals surface area contributed by atoms with Crippen LogP contribution in [0.1, 0.15) is 0 Å². The highest BCUT2D eigenvalue weighted by molar-refractivity contribution is 6.21. The van der Waals surface area contributed by atoms with E-state index in [0.717, 1.165) is 55.2 Å². The summed E-state index contributed by atoms with van der Waals surface area (Å²) < 4.78 is 6.20. The molecule has 0 saturated heterocycles. The van der Waals surface area contributed by atoms with E-state index in [0.29, 0.717) is 5.82 Å². The lowest BCUT2D eigenvalue weighted by Gasteiger charge is -2.11. The fourth-order valence-electron chi connectivity index (χ4n) is 5.69. The van der Waals surface area contributed by atoms with Crippen molar-refractivity contribution in [1.29, 1.82) is 0 Å². The Morgan fingerprint density at radius 1 is 0.390 bits per heavy atom. The van der Waals surface area contributed by atoms with Crippen molar-refractivity contribution in [2.45, 2.75) is 0 Å². The van der Waals surface area contributed by atoms with Crippen LogP contribution in [0.25, 0.3) is 77.7 Å². The summed E-state index contributed by atoms with van der Waals surface area (Å²) in [7, 11) is 0. The fourth-order valence-corrected chi connectivity index (χ4v) is 5.69. The third-order valence-electron chi connectivity index (χ3n) is 7.70. The van der Waals surface area contributed by atoms with Crippen molar-refractivity contribution in [3.63, 3.8) is 0 Å². The Labute approximate surface area is 237 Å². The lowest BCUT2D eigenvalue weighted by Crippen LogP contribution is -1.96. The molecule has 8 aromatic rings. The molecule has 41 heavy (non-hydrogen) atoms. The van der Waals surface area contributed by atoms with Gasteiger partial charge < -0.3 is 4.42 Å². The van der Waals surface area contributed by atoms with Gasteiger partial charge in [-0.05, 0) is 46.5 Å². The predicted molar refractivity (Wildman–Crippen MR) is 169 cm³/mol. The van der Waals surface area contributed by atoms with Gasteiger partial charge in [-0.15, -0.1) is 0 Å². The third-order valence-corrected chi connectivity index (χ3v) is 7.70. The summed E-state index contributed by atoms with van der Waals surface area (Å²) in [5.41, 5.74) is 10.3. The van der Waals surface area contributed by atoms with Gasteiger partial charge in [0, 0.05) is 27.3 Å². The van der Waals surface area contributed by atoms with Crippen LogP contribution in [0.5, 0.6) is 0 Å². The number of fused-ring (bicyclic) bond motifs is 5. The summed E-state index contributed by atoms with van der Waals surface area (Å²) in [6.45, 7) is 0. The van der Waals surface area contributed by atoms with Crippen LogP contribution in [0.15, 0.2) is 150 Å². The summed E-state index contributed by atoms with van der Waals surface area (Å²) in [6.07, 6.45) is 0. The van der Waals surface area contributed by atoms with Crippen molar-refractivity contribution < 1.29 is 4.42 Å². The van der Waals surface area contributed by atoms with Crippen molar-refractivity contribution in [3.05, 3.63) is 146 Å². The Morgan fingerprint density at radius 2 is 1.00 bits per heavy atom. The smallest absolute Gasteiger partial charge is 0.160 e. The minimum atomic E-state index is 0.702. The van der Waals surface area contributed by atoms with Gasteiger partial charge in [0.05, 0.1) is 11.2 Å². The van der Waals surface area contributed by atoms with E-state index in [1.807, 2.05) is 42.5 Å². The topological polar surface area (TPSA) is 38.9 Å². The molecule has 2 aromatic heterocycles. The fraction of sp³-hybridized carbons (Fsp3) is 0. The number of furan rings is 1. The summed E-state index contributed by atoms with van der Waals surface area (Å²) in [5, 5.41) is 3.14. The lowest BCUT2D eigenvalue weighted by molar-refractivity contribution is 0.669. The van der Waals surface area contributed by atoms with Crippen molar-refractivity contribution >= 4 is 32.8 Å². The molecule has 0 amide bonds. The molecule has 0 atom stereocenters. The van der Waals surface area contributed by atoms with E-state index in [4.69, 9.17) is 14.4 Å². The molecule has 0 radical (unpaired) electrons. The summed E-state index contributed by atoms with van der Waals surface area (Å²) in [4.78, 5) is 10.3. The first-order valence-corrected chi connectivity index (χ1v) is 13.8. The molecular weight excluding hydrogens is 500 g/mol. The molecule has 0 N–H and O–H groups in total. The molecule has 6 aromatic carbocycles. The quantitative estimate of drug-likeness (QED) is 0.230. The molecule has 0 aliphatic carbocycles. The highest BCUT2D eigenvalue weighted by Gasteiger charge is 2.18. The van der Waals surface area contributed by atoms with Crippen LogP contribution < -0.4 is 0 Å². The van der Waals surface area contributed by atoms with E-state index in [9.17, 15) is 0 Å². The Bertz CT molecular complexity index is 2180. The van der Waals surface area contributed by atoms with E-state index >= 15 is 0 Å². The molecule has 192 valence electrons. The molecule has 0 unspecified atom stereocenters. The zero-order valence-electron chi connectivity index (χ0n) is 22.2. The number of hydrogen-bond donors (Lipinski definition) is 0. The maximum atomic E-state index is 6.20.